The summed E-state index contributed by atoms with van der Waals surface area (Å²) in [6.45, 7) is 5.98. The van der Waals surface area contributed by atoms with Gasteiger partial charge >= 0.3 is 0 Å². The zero-order valence-electron chi connectivity index (χ0n) is 12.1. The average molecular weight is 293 g/mol. The van der Waals surface area contributed by atoms with Crippen LogP contribution in [0.25, 0.3) is 0 Å². The molecule has 0 bridgehead atoms. The van der Waals surface area contributed by atoms with Gasteiger partial charge in [-0.2, -0.15) is 0 Å². The summed E-state index contributed by atoms with van der Waals surface area (Å²) < 4.78 is 0. The summed E-state index contributed by atoms with van der Waals surface area (Å²) in [5.74, 6) is 0. The summed E-state index contributed by atoms with van der Waals surface area (Å²) in [5.41, 5.74) is 7.33. The van der Waals surface area contributed by atoms with E-state index in [4.69, 9.17) is 18.0 Å². The molecule has 1 fully saturated rings. The van der Waals surface area contributed by atoms with Crippen LogP contribution in [0.5, 0.6) is 0 Å². The first-order chi connectivity index (χ1) is 9.47. The van der Waals surface area contributed by atoms with Crippen LogP contribution in [-0.4, -0.2) is 59.2 Å². The minimum Gasteiger partial charge on any atom is -0.389 e. The number of β-amino-alcohol motifs (C(OH)–C–C–N with tert-alkyl or cyclic N) is 1. The molecule has 0 saturated carbocycles. The third-order valence-electron chi connectivity index (χ3n) is 3.96. The summed E-state index contributed by atoms with van der Waals surface area (Å²) in [7, 11) is 2.14. The van der Waals surface area contributed by atoms with Gasteiger partial charge in [0.15, 0.2) is 0 Å². The van der Waals surface area contributed by atoms with Gasteiger partial charge in [0.1, 0.15) is 4.99 Å². The van der Waals surface area contributed by atoms with Gasteiger partial charge in [0, 0.05) is 37.8 Å². The Labute approximate surface area is 126 Å². The Balaban J connectivity index is 1.97. The van der Waals surface area contributed by atoms with Gasteiger partial charge in [-0.25, -0.2) is 0 Å². The van der Waals surface area contributed by atoms with Gasteiger partial charge in [0.2, 0.25) is 0 Å². The lowest BCUT2D eigenvalue weighted by Crippen LogP contribution is -2.51. The Morgan fingerprint density at radius 1 is 1.40 bits per heavy atom. The van der Waals surface area contributed by atoms with Crippen LogP contribution in [-0.2, 0) is 0 Å². The lowest BCUT2D eigenvalue weighted by Gasteiger charge is -2.39. The number of aliphatic hydroxyl groups excluding tert-OH is 1. The summed E-state index contributed by atoms with van der Waals surface area (Å²) in [6.07, 6.45) is -0.471. The fraction of sp³-hybridized carbons (Fsp3) is 0.533. The smallest absolute Gasteiger partial charge is 0.103 e. The van der Waals surface area contributed by atoms with Crippen LogP contribution >= 0.6 is 12.2 Å². The number of nitrogens with zero attached hydrogens (tertiary/aromatic N) is 2. The maximum Gasteiger partial charge on any atom is 0.103 e. The predicted molar refractivity (Wildman–Crippen MR) is 85.8 cm³/mol. The molecule has 1 aromatic rings. The van der Waals surface area contributed by atoms with Crippen molar-refractivity contribution in [3.05, 3.63) is 35.4 Å². The van der Waals surface area contributed by atoms with Crippen molar-refractivity contribution in [3.63, 3.8) is 0 Å². The standard InChI is InChI=1S/C15H23N3OS/c1-11-9-17(2)7-8-18(11)10-14(19)12-3-5-13(6-4-12)15(16)20/h3-6,11,14,19H,7-10H2,1-2H3,(H2,16,20). The zero-order valence-corrected chi connectivity index (χ0v) is 12.9. The van der Waals surface area contributed by atoms with Crippen LogP contribution in [0.3, 0.4) is 0 Å². The molecule has 0 spiro atoms. The molecule has 4 nitrogen and oxygen atoms in total. The molecule has 2 atom stereocenters. The van der Waals surface area contributed by atoms with Crippen molar-refractivity contribution in [2.45, 2.75) is 19.1 Å². The van der Waals surface area contributed by atoms with Gasteiger partial charge in [-0.3, -0.25) is 4.90 Å². The first kappa shape index (κ1) is 15.4. The van der Waals surface area contributed by atoms with Crippen molar-refractivity contribution in [1.82, 2.24) is 9.80 Å². The molecular weight excluding hydrogens is 270 g/mol. The van der Waals surface area contributed by atoms with Crippen LogP contribution in [0.4, 0.5) is 0 Å². The highest BCUT2D eigenvalue weighted by atomic mass is 32.1. The van der Waals surface area contributed by atoms with Crippen LogP contribution in [0.2, 0.25) is 0 Å². The second kappa shape index (κ2) is 6.63. The molecule has 2 rings (SSSR count). The third kappa shape index (κ3) is 3.76. The second-order valence-corrected chi connectivity index (χ2v) is 6.05. The normalized spacial score (nSPS) is 22.6. The third-order valence-corrected chi connectivity index (χ3v) is 4.19. The molecule has 1 heterocycles. The maximum absolute atomic E-state index is 10.4. The van der Waals surface area contributed by atoms with E-state index < -0.39 is 6.10 Å². The fourth-order valence-corrected chi connectivity index (χ4v) is 2.78. The van der Waals surface area contributed by atoms with E-state index in [-0.39, 0.29) is 0 Å². The Morgan fingerprint density at radius 3 is 2.60 bits per heavy atom. The SMILES string of the molecule is CC1CN(C)CCN1CC(O)c1ccc(C(N)=S)cc1. The molecular formula is C15H23N3OS. The highest BCUT2D eigenvalue weighted by Crippen LogP contribution is 2.18. The molecule has 1 aliphatic heterocycles. The predicted octanol–water partition coefficient (Wildman–Crippen LogP) is 0.990. The summed E-state index contributed by atoms with van der Waals surface area (Å²) in [5, 5.41) is 10.4. The number of benzene rings is 1. The molecule has 0 aliphatic carbocycles. The van der Waals surface area contributed by atoms with E-state index in [0.29, 0.717) is 17.6 Å². The quantitative estimate of drug-likeness (QED) is 0.811. The number of nitrogens with two attached hydrogens (primary N) is 1. The largest absolute Gasteiger partial charge is 0.389 e. The van der Waals surface area contributed by atoms with E-state index in [1.807, 2.05) is 24.3 Å². The van der Waals surface area contributed by atoms with E-state index in [9.17, 15) is 5.11 Å². The minimum atomic E-state index is -0.471. The first-order valence-corrected chi connectivity index (χ1v) is 7.38. The molecule has 2 unspecified atom stereocenters. The van der Waals surface area contributed by atoms with Crippen LogP contribution in [0, 0.1) is 0 Å². The lowest BCUT2D eigenvalue weighted by atomic mass is 10.1. The Bertz CT molecular complexity index is 463. The number of likely N-dealkylation sites (N-methyl/N-ethyl adjacent to an activating group) is 1. The maximum atomic E-state index is 10.4. The van der Waals surface area contributed by atoms with Crippen molar-refractivity contribution in [2.75, 3.05) is 33.2 Å². The fourth-order valence-electron chi connectivity index (χ4n) is 2.65. The molecule has 0 aromatic heterocycles. The van der Waals surface area contributed by atoms with Crippen LogP contribution in [0.15, 0.2) is 24.3 Å². The Morgan fingerprint density at radius 2 is 2.05 bits per heavy atom. The van der Waals surface area contributed by atoms with Crippen molar-refractivity contribution >= 4 is 17.2 Å². The van der Waals surface area contributed by atoms with E-state index in [1.54, 1.807) is 0 Å². The topological polar surface area (TPSA) is 52.7 Å². The van der Waals surface area contributed by atoms with Gasteiger partial charge in [-0.15, -0.1) is 0 Å². The van der Waals surface area contributed by atoms with Crippen molar-refractivity contribution < 1.29 is 5.11 Å². The van der Waals surface area contributed by atoms with E-state index in [1.165, 1.54) is 0 Å². The highest BCUT2D eigenvalue weighted by molar-refractivity contribution is 7.80. The number of thiocarbonyl (C=S) groups is 1. The minimum absolute atomic E-state index is 0.388. The van der Waals surface area contributed by atoms with Crippen LogP contribution in [0.1, 0.15) is 24.2 Å². The number of piperazine rings is 1. The molecule has 20 heavy (non-hydrogen) atoms. The second-order valence-electron chi connectivity index (χ2n) is 5.61. The number of hydrogen-bond donors (Lipinski definition) is 2. The molecule has 0 radical (unpaired) electrons. The Kier molecular flexibility index (Phi) is 5.10. The molecule has 1 saturated heterocycles. The van der Waals surface area contributed by atoms with E-state index in [0.717, 1.165) is 30.8 Å². The van der Waals surface area contributed by atoms with E-state index in [2.05, 4.69) is 23.8 Å². The average Bonchev–Trinajstić information content (AvgIpc) is 2.42. The summed E-state index contributed by atoms with van der Waals surface area (Å²) in [6, 6.07) is 8.02. The van der Waals surface area contributed by atoms with Gasteiger partial charge in [0.05, 0.1) is 6.10 Å². The monoisotopic (exact) mass is 293 g/mol. The molecule has 110 valence electrons. The number of hydrogen-bond acceptors (Lipinski definition) is 4. The Hall–Kier alpha value is -1.01. The van der Waals surface area contributed by atoms with E-state index >= 15 is 0 Å². The molecule has 0 amide bonds. The molecule has 1 aliphatic rings. The number of aliphatic hydroxyl groups is 1. The van der Waals surface area contributed by atoms with Crippen molar-refractivity contribution in [2.24, 2.45) is 5.73 Å². The zero-order chi connectivity index (χ0) is 14.7. The highest BCUT2D eigenvalue weighted by Gasteiger charge is 2.23. The van der Waals surface area contributed by atoms with Crippen LogP contribution < -0.4 is 5.73 Å². The molecule has 3 N–H and O–H groups in total. The van der Waals surface area contributed by atoms with Gasteiger partial charge in [-0.1, -0.05) is 36.5 Å². The first-order valence-electron chi connectivity index (χ1n) is 6.98. The molecule has 1 aromatic carbocycles. The van der Waals surface area contributed by atoms with Gasteiger partial charge in [0.25, 0.3) is 0 Å². The van der Waals surface area contributed by atoms with Crippen molar-refractivity contribution in [1.29, 1.82) is 0 Å². The number of rotatable bonds is 4. The van der Waals surface area contributed by atoms with Crippen molar-refractivity contribution in [3.8, 4) is 0 Å². The lowest BCUT2D eigenvalue weighted by molar-refractivity contribution is 0.0474. The summed E-state index contributed by atoms with van der Waals surface area (Å²) >= 11 is 4.93. The van der Waals surface area contributed by atoms with Gasteiger partial charge < -0.3 is 15.7 Å². The molecule has 5 heteroatoms. The summed E-state index contributed by atoms with van der Waals surface area (Å²) in [4.78, 5) is 5.05. The van der Waals surface area contributed by atoms with Gasteiger partial charge in [-0.05, 0) is 19.5 Å².